The van der Waals surface area contributed by atoms with Gasteiger partial charge in [0.15, 0.2) is 0 Å². The van der Waals surface area contributed by atoms with Crippen LogP contribution in [0.5, 0.6) is 11.5 Å². The van der Waals surface area contributed by atoms with Gasteiger partial charge in [-0.05, 0) is 24.1 Å². The summed E-state index contributed by atoms with van der Waals surface area (Å²) >= 11 is 0. The van der Waals surface area contributed by atoms with Crippen LogP contribution in [0.4, 0.5) is 0 Å². The molecular formula is C15H24N2O3. The van der Waals surface area contributed by atoms with Crippen LogP contribution < -0.4 is 20.1 Å². The molecule has 1 rings (SSSR count). The van der Waals surface area contributed by atoms with Crippen molar-refractivity contribution in [3.8, 4) is 11.5 Å². The molecule has 5 nitrogen and oxygen atoms in total. The summed E-state index contributed by atoms with van der Waals surface area (Å²) in [6, 6.07) is 5.60. The Morgan fingerprint density at radius 2 is 2.00 bits per heavy atom. The van der Waals surface area contributed by atoms with Crippen LogP contribution in [0, 0.1) is 5.92 Å². The average Bonchev–Trinajstić information content (AvgIpc) is 2.45. The summed E-state index contributed by atoms with van der Waals surface area (Å²) in [5, 5.41) is 5.97. The molecule has 0 atom stereocenters. The highest BCUT2D eigenvalue weighted by Gasteiger charge is 2.06. The quantitative estimate of drug-likeness (QED) is 0.759. The first-order chi connectivity index (χ1) is 9.56. The van der Waals surface area contributed by atoms with Crippen LogP contribution in [0.25, 0.3) is 0 Å². The van der Waals surface area contributed by atoms with Crippen molar-refractivity contribution in [2.24, 2.45) is 5.92 Å². The number of carbonyl (C=O) groups is 1. The van der Waals surface area contributed by atoms with Gasteiger partial charge >= 0.3 is 0 Å². The predicted molar refractivity (Wildman–Crippen MR) is 79.1 cm³/mol. The highest BCUT2D eigenvalue weighted by atomic mass is 16.5. The van der Waals surface area contributed by atoms with E-state index in [1.807, 2.05) is 18.2 Å². The molecule has 20 heavy (non-hydrogen) atoms. The molecule has 1 amide bonds. The standard InChI is InChI=1S/C15H24N2O3/c1-11(2)8-17-15(18)10-16-9-12-7-13(19-3)5-6-14(12)20-4/h5-7,11,16H,8-10H2,1-4H3,(H,17,18). The van der Waals surface area contributed by atoms with Crippen LogP contribution in [0.2, 0.25) is 0 Å². The van der Waals surface area contributed by atoms with E-state index < -0.39 is 0 Å². The Morgan fingerprint density at radius 1 is 1.25 bits per heavy atom. The summed E-state index contributed by atoms with van der Waals surface area (Å²) < 4.78 is 10.5. The number of methoxy groups -OCH3 is 2. The van der Waals surface area contributed by atoms with Gasteiger partial charge in [0.2, 0.25) is 5.91 Å². The predicted octanol–water partition coefficient (Wildman–Crippen LogP) is 1.57. The van der Waals surface area contributed by atoms with E-state index in [0.29, 0.717) is 19.0 Å². The Morgan fingerprint density at radius 3 is 2.60 bits per heavy atom. The van der Waals surface area contributed by atoms with Crippen molar-refractivity contribution >= 4 is 5.91 Å². The van der Waals surface area contributed by atoms with E-state index in [0.717, 1.165) is 17.1 Å². The molecule has 5 heteroatoms. The van der Waals surface area contributed by atoms with Crippen molar-refractivity contribution in [1.82, 2.24) is 10.6 Å². The average molecular weight is 280 g/mol. The lowest BCUT2D eigenvalue weighted by Crippen LogP contribution is -2.35. The number of rotatable bonds is 8. The first-order valence-corrected chi connectivity index (χ1v) is 6.75. The molecular weight excluding hydrogens is 256 g/mol. The number of benzene rings is 1. The third-order valence-corrected chi connectivity index (χ3v) is 2.80. The van der Waals surface area contributed by atoms with E-state index >= 15 is 0 Å². The van der Waals surface area contributed by atoms with Crippen LogP contribution in [0.3, 0.4) is 0 Å². The van der Waals surface area contributed by atoms with Crippen molar-refractivity contribution in [2.75, 3.05) is 27.3 Å². The zero-order chi connectivity index (χ0) is 15.0. The van der Waals surface area contributed by atoms with Crippen LogP contribution in [-0.4, -0.2) is 33.2 Å². The van der Waals surface area contributed by atoms with E-state index in [-0.39, 0.29) is 12.5 Å². The Hall–Kier alpha value is -1.75. The topological polar surface area (TPSA) is 59.6 Å². The zero-order valence-corrected chi connectivity index (χ0v) is 12.7. The van der Waals surface area contributed by atoms with Gasteiger partial charge in [-0.15, -0.1) is 0 Å². The van der Waals surface area contributed by atoms with Gasteiger partial charge in [-0.1, -0.05) is 13.8 Å². The minimum Gasteiger partial charge on any atom is -0.497 e. The number of hydrogen-bond donors (Lipinski definition) is 2. The molecule has 0 heterocycles. The Kier molecular flexibility index (Phi) is 6.87. The Balaban J connectivity index is 2.46. The summed E-state index contributed by atoms with van der Waals surface area (Å²) in [4.78, 5) is 11.6. The van der Waals surface area contributed by atoms with Gasteiger partial charge in [0.05, 0.1) is 20.8 Å². The highest BCUT2D eigenvalue weighted by Crippen LogP contribution is 2.23. The van der Waals surface area contributed by atoms with Crippen LogP contribution in [-0.2, 0) is 11.3 Å². The second-order valence-corrected chi connectivity index (χ2v) is 4.98. The summed E-state index contributed by atoms with van der Waals surface area (Å²) in [5.74, 6) is 2.01. The fourth-order valence-corrected chi connectivity index (χ4v) is 1.71. The van der Waals surface area contributed by atoms with Crippen molar-refractivity contribution in [1.29, 1.82) is 0 Å². The minimum absolute atomic E-state index is 0.000521. The lowest BCUT2D eigenvalue weighted by Gasteiger charge is -2.12. The highest BCUT2D eigenvalue weighted by molar-refractivity contribution is 5.77. The molecule has 0 fully saturated rings. The van der Waals surface area contributed by atoms with Crippen LogP contribution in [0.15, 0.2) is 18.2 Å². The van der Waals surface area contributed by atoms with Gasteiger partial charge in [-0.3, -0.25) is 4.79 Å². The first-order valence-electron chi connectivity index (χ1n) is 6.75. The van der Waals surface area contributed by atoms with Gasteiger partial charge < -0.3 is 20.1 Å². The Labute approximate surface area is 120 Å². The van der Waals surface area contributed by atoms with Crippen molar-refractivity contribution in [3.63, 3.8) is 0 Å². The molecule has 0 radical (unpaired) electrons. The molecule has 0 spiro atoms. The molecule has 0 aliphatic carbocycles. The third-order valence-electron chi connectivity index (χ3n) is 2.80. The largest absolute Gasteiger partial charge is 0.497 e. The maximum absolute atomic E-state index is 11.6. The minimum atomic E-state index is 0.000521. The van der Waals surface area contributed by atoms with Crippen LogP contribution in [0.1, 0.15) is 19.4 Å². The number of carbonyl (C=O) groups excluding carboxylic acids is 1. The molecule has 1 aromatic carbocycles. The maximum atomic E-state index is 11.6. The van der Waals surface area contributed by atoms with Crippen molar-refractivity contribution < 1.29 is 14.3 Å². The van der Waals surface area contributed by atoms with E-state index in [4.69, 9.17) is 9.47 Å². The molecule has 0 saturated heterocycles. The van der Waals surface area contributed by atoms with Gasteiger partial charge in [0.1, 0.15) is 11.5 Å². The third kappa shape index (κ3) is 5.48. The van der Waals surface area contributed by atoms with Gasteiger partial charge in [0.25, 0.3) is 0 Å². The zero-order valence-electron chi connectivity index (χ0n) is 12.7. The summed E-state index contributed by atoms with van der Waals surface area (Å²) in [6.07, 6.45) is 0. The van der Waals surface area contributed by atoms with Crippen molar-refractivity contribution in [2.45, 2.75) is 20.4 Å². The number of nitrogens with one attached hydrogen (secondary N) is 2. The van der Waals surface area contributed by atoms with Gasteiger partial charge in [-0.25, -0.2) is 0 Å². The monoisotopic (exact) mass is 280 g/mol. The number of hydrogen-bond acceptors (Lipinski definition) is 4. The summed E-state index contributed by atoms with van der Waals surface area (Å²) in [5.41, 5.74) is 0.962. The lowest BCUT2D eigenvalue weighted by atomic mass is 10.2. The molecule has 0 bridgehead atoms. The van der Waals surface area contributed by atoms with Gasteiger partial charge in [0, 0.05) is 18.7 Å². The molecule has 0 saturated carbocycles. The molecule has 112 valence electrons. The van der Waals surface area contributed by atoms with Gasteiger partial charge in [-0.2, -0.15) is 0 Å². The van der Waals surface area contributed by atoms with Crippen molar-refractivity contribution in [3.05, 3.63) is 23.8 Å². The van der Waals surface area contributed by atoms with E-state index in [9.17, 15) is 4.79 Å². The number of ether oxygens (including phenoxy) is 2. The maximum Gasteiger partial charge on any atom is 0.233 e. The first kappa shape index (κ1) is 16.3. The molecule has 1 aromatic rings. The second-order valence-electron chi connectivity index (χ2n) is 4.98. The summed E-state index contributed by atoms with van der Waals surface area (Å²) in [7, 11) is 3.25. The second kappa shape index (κ2) is 8.43. The molecule has 2 N–H and O–H groups in total. The molecule has 0 unspecified atom stereocenters. The number of amides is 1. The van der Waals surface area contributed by atoms with E-state index in [1.165, 1.54) is 0 Å². The smallest absolute Gasteiger partial charge is 0.233 e. The van der Waals surface area contributed by atoms with E-state index in [2.05, 4.69) is 24.5 Å². The molecule has 0 aliphatic heterocycles. The lowest BCUT2D eigenvalue weighted by molar-refractivity contribution is -0.120. The summed E-state index contributed by atoms with van der Waals surface area (Å²) in [6.45, 7) is 5.66. The SMILES string of the molecule is COc1ccc(OC)c(CNCC(=O)NCC(C)C)c1. The van der Waals surface area contributed by atoms with E-state index in [1.54, 1.807) is 14.2 Å². The fourth-order valence-electron chi connectivity index (χ4n) is 1.71. The fraction of sp³-hybridized carbons (Fsp3) is 0.533. The molecule has 0 aromatic heterocycles. The molecule has 0 aliphatic rings. The van der Waals surface area contributed by atoms with Crippen LogP contribution >= 0.6 is 0 Å². The Bertz CT molecular complexity index is 433. The normalized spacial score (nSPS) is 10.4.